The summed E-state index contributed by atoms with van der Waals surface area (Å²) in [6, 6.07) is 3.80. The monoisotopic (exact) mass is 351 g/mol. The van der Waals surface area contributed by atoms with Crippen LogP contribution in [0.25, 0.3) is 0 Å². The zero-order chi connectivity index (χ0) is 16.7. The third-order valence-corrected chi connectivity index (χ3v) is 4.50. The van der Waals surface area contributed by atoms with Crippen LogP contribution >= 0.6 is 22.9 Å². The maximum absolute atomic E-state index is 5.79. The summed E-state index contributed by atoms with van der Waals surface area (Å²) in [5.74, 6) is 0.819. The Morgan fingerprint density at radius 3 is 2.74 bits per heavy atom. The maximum Gasteiger partial charge on any atom is 0.191 e. The van der Waals surface area contributed by atoms with Gasteiger partial charge in [0, 0.05) is 24.2 Å². The molecule has 2 N–H and O–H groups in total. The van der Waals surface area contributed by atoms with Crippen molar-refractivity contribution in [1.82, 2.24) is 20.6 Å². The van der Waals surface area contributed by atoms with Crippen LogP contribution in [0, 0.1) is 13.8 Å². The molecule has 0 aliphatic heterocycles. The quantitative estimate of drug-likeness (QED) is 0.477. The summed E-state index contributed by atoms with van der Waals surface area (Å²) < 4.78 is 0. The van der Waals surface area contributed by atoms with Crippen molar-refractivity contribution in [2.75, 3.05) is 13.1 Å². The van der Waals surface area contributed by atoms with Crippen molar-refractivity contribution in [3.05, 3.63) is 44.6 Å². The molecule has 23 heavy (non-hydrogen) atoms. The highest BCUT2D eigenvalue weighted by molar-refractivity contribution is 7.11. The van der Waals surface area contributed by atoms with Crippen LogP contribution in [0.1, 0.15) is 28.1 Å². The fraction of sp³-hybridized carbons (Fsp3) is 0.438. The minimum Gasteiger partial charge on any atom is -0.357 e. The summed E-state index contributed by atoms with van der Waals surface area (Å²) in [4.78, 5) is 14.4. The SMILES string of the molecule is CCNC(=NCc1sc(C)nc1C)NCCc1ccc(Cl)nc1. The van der Waals surface area contributed by atoms with Gasteiger partial charge < -0.3 is 10.6 Å². The summed E-state index contributed by atoms with van der Waals surface area (Å²) in [7, 11) is 0. The molecule has 0 aliphatic rings. The normalized spacial score (nSPS) is 11.6. The van der Waals surface area contributed by atoms with Crippen LogP contribution in [-0.4, -0.2) is 29.0 Å². The molecule has 0 saturated heterocycles. The van der Waals surface area contributed by atoms with Crippen LogP contribution in [0.5, 0.6) is 0 Å². The predicted octanol–water partition coefficient (Wildman–Crippen LogP) is 3.11. The van der Waals surface area contributed by atoms with Crippen LogP contribution in [0.4, 0.5) is 0 Å². The highest BCUT2D eigenvalue weighted by Gasteiger charge is 2.05. The van der Waals surface area contributed by atoms with Crippen molar-refractivity contribution < 1.29 is 0 Å². The molecule has 0 spiro atoms. The van der Waals surface area contributed by atoms with Crippen LogP contribution in [-0.2, 0) is 13.0 Å². The number of rotatable bonds is 6. The van der Waals surface area contributed by atoms with E-state index in [2.05, 4.69) is 32.5 Å². The molecule has 0 aliphatic carbocycles. The van der Waals surface area contributed by atoms with E-state index in [0.717, 1.165) is 41.7 Å². The van der Waals surface area contributed by atoms with Gasteiger partial charge in [-0.3, -0.25) is 0 Å². The van der Waals surface area contributed by atoms with Gasteiger partial charge in [0.2, 0.25) is 0 Å². The molecule has 2 aromatic heterocycles. The second-order valence-corrected chi connectivity index (χ2v) is 6.78. The van der Waals surface area contributed by atoms with Gasteiger partial charge in [-0.1, -0.05) is 17.7 Å². The van der Waals surface area contributed by atoms with Crippen LogP contribution in [0.2, 0.25) is 5.15 Å². The lowest BCUT2D eigenvalue weighted by Gasteiger charge is -2.11. The summed E-state index contributed by atoms with van der Waals surface area (Å²) in [5, 5.41) is 8.21. The van der Waals surface area contributed by atoms with Crippen molar-refractivity contribution in [2.24, 2.45) is 4.99 Å². The highest BCUT2D eigenvalue weighted by Crippen LogP contribution is 2.17. The third-order valence-electron chi connectivity index (χ3n) is 3.22. The topological polar surface area (TPSA) is 62.2 Å². The number of hydrogen-bond acceptors (Lipinski definition) is 4. The molecule has 0 atom stereocenters. The number of pyridine rings is 1. The standard InChI is InChI=1S/C16H22ClN5S/c1-4-18-16(21-10-14-11(2)22-12(3)23-14)19-8-7-13-5-6-15(17)20-9-13/h5-6,9H,4,7-8,10H2,1-3H3,(H2,18,19,21). The van der Waals surface area contributed by atoms with Gasteiger partial charge in [0.25, 0.3) is 0 Å². The Bertz CT molecular complexity index is 651. The zero-order valence-corrected chi connectivity index (χ0v) is 15.3. The molecule has 0 aromatic carbocycles. The Hall–Kier alpha value is -1.66. The average molecular weight is 352 g/mol. The Morgan fingerprint density at radius 2 is 2.13 bits per heavy atom. The number of nitrogens with zero attached hydrogens (tertiary/aromatic N) is 3. The second-order valence-electron chi connectivity index (χ2n) is 5.10. The fourth-order valence-electron chi connectivity index (χ4n) is 2.09. The first-order chi connectivity index (χ1) is 11.1. The number of aliphatic imine (C=N–C) groups is 1. The van der Waals surface area contributed by atoms with E-state index in [4.69, 9.17) is 11.6 Å². The van der Waals surface area contributed by atoms with Crippen molar-refractivity contribution in [3.63, 3.8) is 0 Å². The Morgan fingerprint density at radius 1 is 1.30 bits per heavy atom. The first-order valence-electron chi connectivity index (χ1n) is 7.64. The van der Waals surface area contributed by atoms with Gasteiger partial charge in [-0.15, -0.1) is 11.3 Å². The van der Waals surface area contributed by atoms with Gasteiger partial charge in [-0.05, 0) is 38.8 Å². The fourth-order valence-corrected chi connectivity index (χ4v) is 3.07. The predicted molar refractivity (Wildman–Crippen MR) is 97.4 cm³/mol. The average Bonchev–Trinajstić information content (AvgIpc) is 2.84. The van der Waals surface area contributed by atoms with E-state index in [1.54, 1.807) is 17.5 Å². The number of aryl methyl sites for hydroxylation is 2. The molecule has 0 amide bonds. The lowest BCUT2D eigenvalue weighted by atomic mass is 10.2. The molecular weight excluding hydrogens is 330 g/mol. The van der Waals surface area contributed by atoms with E-state index in [1.807, 2.05) is 26.0 Å². The molecule has 2 rings (SSSR count). The number of nitrogens with one attached hydrogen (secondary N) is 2. The number of aromatic nitrogens is 2. The first kappa shape index (κ1) is 17.7. The van der Waals surface area contributed by atoms with E-state index >= 15 is 0 Å². The van der Waals surface area contributed by atoms with Crippen molar-refractivity contribution in [1.29, 1.82) is 0 Å². The summed E-state index contributed by atoms with van der Waals surface area (Å²) in [5.41, 5.74) is 2.21. The smallest absolute Gasteiger partial charge is 0.191 e. The number of guanidine groups is 1. The van der Waals surface area contributed by atoms with Crippen LogP contribution in [0.15, 0.2) is 23.3 Å². The van der Waals surface area contributed by atoms with E-state index in [9.17, 15) is 0 Å². The first-order valence-corrected chi connectivity index (χ1v) is 8.83. The Labute approximate surface area is 146 Å². The highest BCUT2D eigenvalue weighted by atomic mass is 35.5. The van der Waals surface area contributed by atoms with Gasteiger partial charge in [-0.25, -0.2) is 15.0 Å². The maximum atomic E-state index is 5.79. The summed E-state index contributed by atoms with van der Waals surface area (Å²) in [6.07, 6.45) is 2.67. The minimum atomic E-state index is 0.520. The zero-order valence-electron chi connectivity index (χ0n) is 13.7. The molecule has 0 saturated carbocycles. The number of halogens is 1. The molecular formula is C16H22ClN5S. The van der Waals surface area contributed by atoms with E-state index < -0.39 is 0 Å². The third kappa shape index (κ3) is 5.80. The molecule has 7 heteroatoms. The van der Waals surface area contributed by atoms with Crippen LogP contribution in [0.3, 0.4) is 0 Å². The number of thiazole rings is 1. The Kier molecular flexibility index (Phi) is 6.80. The molecule has 0 fully saturated rings. The lowest BCUT2D eigenvalue weighted by molar-refractivity contribution is 0.798. The van der Waals surface area contributed by atoms with Crippen molar-refractivity contribution in [2.45, 2.75) is 33.7 Å². The van der Waals surface area contributed by atoms with E-state index in [-0.39, 0.29) is 0 Å². The molecule has 5 nitrogen and oxygen atoms in total. The van der Waals surface area contributed by atoms with Gasteiger partial charge >= 0.3 is 0 Å². The largest absolute Gasteiger partial charge is 0.357 e. The van der Waals surface area contributed by atoms with Gasteiger partial charge in [0.1, 0.15) is 5.15 Å². The van der Waals surface area contributed by atoms with Crippen LogP contribution < -0.4 is 10.6 Å². The minimum absolute atomic E-state index is 0.520. The molecule has 0 radical (unpaired) electrons. The van der Waals surface area contributed by atoms with Crippen molar-refractivity contribution in [3.8, 4) is 0 Å². The molecule has 2 heterocycles. The summed E-state index contributed by atoms with van der Waals surface area (Å²) >= 11 is 7.49. The second kappa shape index (κ2) is 8.84. The Balaban J connectivity index is 1.88. The molecule has 124 valence electrons. The number of hydrogen-bond donors (Lipinski definition) is 2. The molecule has 0 bridgehead atoms. The lowest BCUT2D eigenvalue weighted by Crippen LogP contribution is -2.38. The van der Waals surface area contributed by atoms with Gasteiger partial charge in [0.15, 0.2) is 5.96 Å². The van der Waals surface area contributed by atoms with Gasteiger partial charge in [0.05, 0.1) is 17.2 Å². The van der Waals surface area contributed by atoms with Gasteiger partial charge in [-0.2, -0.15) is 0 Å². The van der Waals surface area contributed by atoms with Crippen molar-refractivity contribution >= 4 is 28.9 Å². The van der Waals surface area contributed by atoms with E-state index in [0.29, 0.717) is 11.7 Å². The molecule has 2 aromatic rings. The van der Waals surface area contributed by atoms with E-state index in [1.165, 1.54) is 4.88 Å². The molecule has 0 unspecified atom stereocenters. The summed E-state index contributed by atoms with van der Waals surface area (Å²) in [6.45, 7) is 8.37.